The SMILES string of the molecule is COc1cc([N+](=O)[O-])c(/C=N/NC(=O)c2cc(-c3ccccc3)nc(=O)[nH]2)cc1O. The van der Waals surface area contributed by atoms with Crippen LogP contribution in [0.25, 0.3) is 11.3 Å². The van der Waals surface area contributed by atoms with Gasteiger partial charge in [0.1, 0.15) is 5.69 Å². The lowest BCUT2D eigenvalue weighted by Crippen LogP contribution is -2.24. The van der Waals surface area contributed by atoms with Gasteiger partial charge in [0.05, 0.1) is 35.6 Å². The molecule has 3 aromatic rings. The van der Waals surface area contributed by atoms with E-state index in [1.54, 1.807) is 30.3 Å². The number of ether oxygens (including phenoxy) is 1. The maximum absolute atomic E-state index is 12.3. The van der Waals surface area contributed by atoms with E-state index in [-0.39, 0.29) is 28.4 Å². The number of amides is 1. The van der Waals surface area contributed by atoms with E-state index in [4.69, 9.17) is 4.74 Å². The average molecular weight is 409 g/mol. The number of nitro benzene ring substituents is 1. The molecule has 0 bridgehead atoms. The van der Waals surface area contributed by atoms with Crippen LogP contribution in [0.1, 0.15) is 16.1 Å². The Kier molecular flexibility index (Phi) is 5.82. The van der Waals surface area contributed by atoms with Crippen LogP contribution in [0.3, 0.4) is 0 Å². The van der Waals surface area contributed by atoms with E-state index in [9.17, 15) is 24.8 Å². The predicted octanol–water partition coefficient (Wildman–Crippen LogP) is 1.82. The third-order valence-corrected chi connectivity index (χ3v) is 3.95. The first-order valence-electron chi connectivity index (χ1n) is 8.44. The summed E-state index contributed by atoms with van der Waals surface area (Å²) in [6.45, 7) is 0. The molecule has 0 atom stereocenters. The molecular formula is C19H15N5O6. The van der Waals surface area contributed by atoms with Crippen LogP contribution < -0.4 is 15.9 Å². The molecule has 3 N–H and O–H groups in total. The first-order chi connectivity index (χ1) is 14.4. The molecule has 0 spiro atoms. The van der Waals surface area contributed by atoms with Crippen molar-refractivity contribution in [2.75, 3.05) is 7.11 Å². The summed E-state index contributed by atoms with van der Waals surface area (Å²) in [5, 5.41) is 24.7. The molecule has 1 amide bonds. The van der Waals surface area contributed by atoms with Gasteiger partial charge in [-0.15, -0.1) is 0 Å². The van der Waals surface area contributed by atoms with Crippen molar-refractivity contribution in [1.29, 1.82) is 0 Å². The van der Waals surface area contributed by atoms with E-state index >= 15 is 0 Å². The molecule has 0 aliphatic rings. The number of carbonyl (C=O) groups is 1. The number of H-pyrrole nitrogens is 1. The van der Waals surface area contributed by atoms with Crippen molar-refractivity contribution in [3.05, 3.63) is 80.4 Å². The molecule has 30 heavy (non-hydrogen) atoms. The van der Waals surface area contributed by atoms with Crippen molar-refractivity contribution >= 4 is 17.8 Å². The van der Waals surface area contributed by atoms with Gasteiger partial charge >= 0.3 is 5.69 Å². The summed E-state index contributed by atoms with van der Waals surface area (Å²) in [5.74, 6) is -1.17. The van der Waals surface area contributed by atoms with Crippen LogP contribution in [-0.2, 0) is 0 Å². The smallest absolute Gasteiger partial charge is 0.346 e. The largest absolute Gasteiger partial charge is 0.504 e. The van der Waals surface area contributed by atoms with E-state index in [2.05, 4.69) is 20.5 Å². The molecule has 0 aliphatic heterocycles. The van der Waals surface area contributed by atoms with Crippen molar-refractivity contribution in [3.63, 3.8) is 0 Å². The van der Waals surface area contributed by atoms with Crippen molar-refractivity contribution in [1.82, 2.24) is 15.4 Å². The number of nitro groups is 1. The number of hydrogen-bond donors (Lipinski definition) is 3. The Morgan fingerprint density at radius 1 is 1.30 bits per heavy atom. The van der Waals surface area contributed by atoms with Crippen molar-refractivity contribution in [2.45, 2.75) is 0 Å². The maximum atomic E-state index is 12.3. The first-order valence-corrected chi connectivity index (χ1v) is 8.44. The number of phenolic OH excluding ortho intramolecular Hbond substituents is 1. The molecule has 0 saturated carbocycles. The van der Waals surface area contributed by atoms with Gasteiger partial charge in [-0.05, 0) is 12.1 Å². The van der Waals surface area contributed by atoms with E-state index in [0.717, 1.165) is 18.3 Å². The zero-order valence-corrected chi connectivity index (χ0v) is 15.5. The topological polar surface area (TPSA) is 160 Å². The van der Waals surface area contributed by atoms with Crippen molar-refractivity contribution < 1.29 is 19.6 Å². The van der Waals surface area contributed by atoms with Gasteiger partial charge in [-0.25, -0.2) is 10.2 Å². The molecule has 152 valence electrons. The van der Waals surface area contributed by atoms with Crippen LogP contribution in [0.5, 0.6) is 11.5 Å². The fourth-order valence-corrected chi connectivity index (χ4v) is 2.56. The number of aromatic hydroxyl groups is 1. The Labute approximate surface area is 168 Å². The van der Waals surface area contributed by atoms with Crippen LogP contribution >= 0.6 is 0 Å². The number of methoxy groups -OCH3 is 1. The third-order valence-electron chi connectivity index (χ3n) is 3.95. The normalized spacial score (nSPS) is 10.7. The lowest BCUT2D eigenvalue weighted by atomic mass is 10.1. The van der Waals surface area contributed by atoms with Crippen LogP contribution in [0.4, 0.5) is 5.69 Å². The quantitative estimate of drug-likeness (QED) is 0.318. The van der Waals surface area contributed by atoms with Gasteiger partial charge < -0.3 is 14.8 Å². The lowest BCUT2D eigenvalue weighted by Gasteiger charge is -2.05. The molecule has 0 radical (unpaired) electrons. The molecular weight excluding hydrogens is 394 g/mol. The fraction of sp³-hybridized carbons (Fsp3) is 0.0526. The number of hydrogen-bond acceptors (Lipinski definition) is 8. The lowest BCUT2D eigenvalue weighted by molar-refractivity contribution is -0.385. The van der Waals surface area contributed by atoms with Crippen LogP contribution in [0.15, 0.2) is 58.4 Å². The van der Waals surface area contributed by atoms with Gasteiger partial charge in [-0.1, -0.05) is 30.3 Å². The molecule has 3 rings (SSSR count). The Morgan fingerprint density at radius 3 is 2.70 bits per heavy atom. The summed E-state index contributed by atoms with van der Waals surface area (Å²) in [6, 6.07) is 12.3. The fourth-order valence-electron chi connectivity index (χ4n) is 2.56. The minimum atomic E-state index is -0.761. The zero-order chi connectivity index (χ0) is 21.7. The molecule has 11 nitrogen and oxygen atoms in total. The van der Waals surface area contributed by atoms with Crippen LogP contribution in [-0.4, -0.2) is 39.2 Å². The molecule has 11 heteroatoms. The van der Waals surface area contributed by atoms with Crippen molar-refractivity contribution in [3.8, 4) is 22.8 Å². The summed E-state index contributed by atoms with van der Waals surface area (Å²) in [6.07, 6.45) is 0.993. The molecule has 2 aromatic carbocycles. The monoisotopic (exact) mass is 409 g/mol. The van der Waals surface area contributed by atoms with Gasteiger partial charge in [0, 0.05) is 5.56 Å². The number of phenols is 1. The summed E-state index contributed by atoms with van der Waals surface area (Å²) in [7, 11) is 1.26. The number of hydrazone groups is 1. The highest BCUT2D eigenvalue weighted by molar-refractivity contribution is 5.94. The molecule has 1 aromatic heterocycles. The Hall–Kier alpha value is -4.54. The van der Waals surface area contributed by atoms with E-state index in [1.165, 1.54) is 13.2 Å². The second-order valence-corrected chi connectivity index (χ2v) is 5.89. The number of nitrogens with one attached hydrogen (secondary N) is 2. The number of aromatic nitrogens is 2. The molecule has 0 aliphatic carbocycles. The second-order valence-electron chi connectivity index (χ2n) is 5.89. The highest BCUT2D eigenvalue weighted by Crippen LogP contribution is 2.32. The number of nitrogens with zero attached hydrogens (tertiary/aromatic N) is 3. The van der Waals surface area contributed by atoms with Crippen molar-refractivity contribution in [2.24, 2.45) is 5.10 Å². The highest BCUT2D eigenvalue weighted by Gasteiger charge is 2.18. The number of rotatable bonds is 6. The predicted molar refractivity (Wildman–Crippen MR) is 107 cm³/mol. The van der Waals surface area contributed by atoms with Gasteiger partial charge in [0.15, 0.2) is 11.5 Å². The van der Waals surface area contributed by atoms with Gasteiger partial charge in [0.2, 0.25) is 0 Å². The van der Waals surface area contributed by atoms with E-state index in [1.807, 2.05) is 0 Å². The minimum Gasteiger partial charge on any atom is -0.504 e. The first kappa shape index (κ1) is 20.2. The Bertz CT molecular complexity index is 1190. The summed E-state index contributed by atoms with van der Waals surface area (Å²) in [4.78, 5) is 40.8. The summed E-state index contributed by atoms with van der Waals surface area (Å²) in [5.41, 5.74) is 1.84. The molecule has 0 unspecified atom stereocenters. The second kappa shape index (κ2) is 8.65. The maximum Gasteiger partial charge on any atom is 0.346 e. The Balaban J connectivity index is 1.84. The molecule has 0 fully saturated rings. The average Bonchev–Trinajstić information content (AvgIpc) is 2.73. The van der Waals surface area contributed by atoms with Gasteiger partial charge in [-0.2, -0.15) is 10.1 Å². The Morgan fingerprint density at radius 2 is 2.03 bits per heavy atom. The summed E-state index contributed by atoms with van der Waals surface area (Å²) >= 11 is 0. The molecule has 1 heterocycles. The molecule has 0 saturated heterocycles. The van der Waals surface area contributed by atoms with Gasteiger partial charge in [-0.3, -0.25) is 14.9 Å². The van der Waals surface area contributed by atoms with Crippen LogP contribution in [0.2, 0.25) is 0 Å². The zero-order valence-electron chi connectivity index (χ0n) is 15.5. The highest BCUT2D eigenvalue weighted by atomic mass is 16.6. The summed E-state index contributed by atoms with van der Waals surface area (Å²) < 4.78 is 4.84. The minimum absolute atomic E-state index is 0.0632. The number of benzene rings is 2. The van der Waals surface area contributed by atoms with Crippen LogP contribution in [0, 0.1) is 10.1 Å². The number of carbonyl (C=O) groups excluding carboxylic acids is 1. The standard InChI is InChI=1S/C19H15N5O6/c1-30-17-9-15(24(28)29)12(7-16(17)25)10-20-23-18(26)14-8-13(21-19(27)22-14)11-5-3-2-4-6-11/h2-10,25H,1H3,(H,23,26)(H,21,22,27)/b20-10+. The third kappa shape index (κ3) is 4.47. The van der Waals surface area contributed by atoms with E-state index < -0.39 is 16.5 Å². The number of aromatic amines is 1. The van der Waals surface area contributed by atoms with E-state index in [0.29, 0.717) is 11.3 Å². The van der Waals surface area contributed by atoms with Gasteiger partial charge in [0.25, 0.3) is 11.6 Å².